The third-order valence-corrected chi connectivity index (χ3v) is 3.98. The first-order chi connectivity index (χ1) is 10.5. The van der Waals surface area contributed by atoms with Crippen molar-refractivity contribution >= 4 is 11.6 Å². The molecule has 2 aromatic heterocycles. The van der Waals surface area contributed by atoms with Crippen molar-refractivity contribution in [3.63, 3.8) is 0 Å². The van der Waals surface area contributed by atoms with Crippen molar-refractivity contribution in [2.75, 3.05) is 0 Å². The van der Waals surface area contributed by atoms with Crippen LogP contribution < -0.4 is 5.32 Å². The monoisotopic (exact) mass is 315 g/mol. The highest BCUT2D eigenvalue weighted by molar-refractivity contribution is 5.94. The number of amides is 1. The fourth-order valence-electron chi connectivity index (χ4n) is 3.43. The molecule has 0 radical (unpaired) electrons. The molecule has 2 rings (SSSR count). The number of aryl methyl sites for hydroxylation is 2. The standard InChI is InChI=1S/C19H29N3O/c1-8-15-13(2)22-11-14(9-10-16(22)20-15)17(23)21-19(6,7)12-18(3,4)5/h9-11H,8,12H2,1-7H3,(H,21,23). The van der Waals surface area contributed by atoms with Crippen LogP contribution in [0.2, 0.25) is 0 Å². The van der Waals surface area contributed by atoms with Crippen LogP contribution in [0.1, 0.15) is 69.7 Å². The van der Waals surface area contributed by atoms with Gasteiger partial charge in [0.2, 0.25) is 0 Å². The molecule has 0 fully saturated rings. The zero-order valence-electron chi connectivity index (χ0n) is 15.4. The summed E-state index contributed by atoms with van der Waals surface area (Å²) < 4.78 is 2.00. The Hall–Kier alpha value is -1.84. The van der Waals surface area contributed by atoms with Crippen LogP contribution in [0.3, 0.4) is 0 Å². The topological polar surface area (TPSA) is 46.4 Å². The Kier molecular flexibility index (Phi) is 4.56. The van der Waals surface area contributed by atoms with Gasteiger partial charge in [0.1, 0.15) is 5.65 Å². The summed E-state index contributed by atoms with van der Waals surface area (Å²) in [7, 11) is 0. The van der Waals surface area contributed by atoms with Gasteiger partial charge in [-0.25, -0.2) is 4.98 Å². The number of imidazole rings is 1. The number of hydrogen-bond donors (Lipinski definition) is 1. The molecule has 0 bridgehead atoms. The number of carbonyl (C=O) groups excluding carboxylic acids is 1. The van der Waals surface area contributed by atoms with Crippen LogP contribution in [-0.2, 0) is 6.42 Å². The molecule has 0 aliphatic rings. The Morgan fingerprint density at radius 3 is 2.43 bits per heavy atom. The van der Waals surface area contributed by atoms with E-state index >= 15 is 0 Å². The highest BCUT2D eigenvalue weighted by Gasteiger charge is 2.27. The highest BCUT2D eigenvalue weighted by Crippen LogP contribution is 2.27. The maximum Gasteiger partial charge on any atom is 0.253 e. The Morgan fingerprint density at radius 2 is 1.87 bits per heavy atom. The Balaban J connectivity index is 2.26. The molecule has 2 aromatic rings. The van der Waals surface area contributed by atoms with Crippen LogP contribution in [0, 0.1) is 12.3 Å². The molecule has 0 spiro atoms. The molecule has 0 atom stereocenters. The number of aromatic nitrogens is 2. The molecule has 0 aliphatic heterocycles. The van der Waals surface area contributed by atoms with Gasteiger partial charge in [0.15, 0.2) is 0 Å². The molecule has 2 heterocycles. The molecule has 0 saturated carbocycles. The van der Waals surface area contributed by atoms with Crippen LogP contribution in [-0.4, -0.2) is 20.8 Å². The maximum absolute atomic E-state index is 12.6. The number of rotatable bonds is 4. The Bertz CT molecular complexity index is 720. The average Bonchev–Trinajstić information content (AvgIpc) is 2.71. The highest BCUT2D eigenvalue weighted by atomic mass is 16.1. The van der Waals surface area contributed by atoms with Gasteiger partial charge in [0.25, 0.3) is 5.91 Å². The molecule has 0 unspecified atom stereocenters. The lowest BCUT2D eigenvalue weighted by Gasteiger charge is -2.33. The lowest BCUT2D eigenvalue weighted by atomic mass is 9.81. The van der Waals surface area contributed by atoms with Crippen molar-refractivity contribution in [3.8, 4) is 0 Å². The van der Waals surface area contributed by atoms with Crippen molar-refractivity contribution < 1.29 is 4.79 Å². The van der Waals surface area contributed by atoms with Gasteiger partial charge in [-0.2, -0.15) is 0 Å². The number of fused-ring (bicyclic) bond motifs is 1. The van der Waals surface area contributed by atoms with Crippen molar-refractivity contribution in [2.45, 2.75) is 66.8 Å². The second kappa shape index (κ2) is 5.99. The molecule has 0 aromatic carbocycles. The minimum absolute atomic E-state index is 0.0349. The maximum atomic E-state index is 12.6. The SMILES string of the molecule is CCc1nc2ccc(C(=O)NC(C)(C)CC(C)(C)C)cn2c1C. The second-order valence-electron chi connectivity index (χ2n) is 8.22. The van der Waals surface area contributed by atoms with Crippen molar-refractivity contribution in [3.05, 3.63) is 35.3 Å². The lowest BCUT2D eigenvalue weighted by molar-refractivity contribution is 0.0891. The van der Waals surface area contributed by atoms with Gasteiger partial charge in [-0.15, -0.1) is 0 Å². The van der Waals surface area contributed by atoms with E-state index in [1.165, 1.54) is 0 Å². The molecular formula is C19H29N3O. The predicted molar refractivity (Wildman–Crippen MR) is 94.9 cm³/mol. The number of nitrogens with zero attached hydrogens (tertiary/aromatic N) is 2. The van der Waals surface area contributed by atoms with Crippen LogP contribution in [0.5, 0.6) is 0 Å². The molecule has 126 valence electrons. The van der Waals surface area contributed by atoms with Crippen molar-refractivity contribution in [1.82, 2.24) is 14.7 Å². The first-order valence-electron chi connectivity index (χ1n) is 8.32. The Labute approximate surface area is 139 Å². The Morgan fingerprint density at radius 1 is 1.22 bits per heavy atom. The second-order valence-corrected chi connectivity index (χ2v) is 8.22. The molecule has 1 N–H and O–H groups in total. The molecule has 4 nitrogen and oxygen atoms in total. The smallest absolute Gasteiger partial charge is 0.253 e. The fraction of sp³-hybridized carbons (Fsp3) is 0.579. The third-order valence-electron chi connectivity index (χ3n) is 3.98. The van der Waals surface area contributed by atoms with E-state index in [1.54, 1.807) is 0 Å². The van der Waals surface area contributed by atoms with Crippen LogP contribution in [0.15, 0.2) is 18.3 Å². The number of hydrogen-bond acceptors (Lipinski definition) is 2. The van der Waals surface area contributed by atoms with Gasteiger partial charge < -0.3 is 9.72 Å². The summed E-state index contributed by atoms with van der Waals surface area (Å²) in [6, 6.07) is 3.77. The summed E-state index contributed by atoms with van der Waals surface area (Å²) in [4.78, 5) is 17.2. The molecule has 23 heavy (non-hydrogen) atoms. The average molecular weight is 315 g/mol. The first-order valence-corrected chi connectivity index (χ1v) is 8.32. The summed E-state index contributed by atoms with van der Waals surface area (Å²) in [6.45, 7) is 14.9. The largest absolute Gasteiger partial charge is 0.347 e. The summed E-state index contributed by atoms with van der Waals surface area (Å²) in [5.41, 5.74) is 3.66. The number of pyridine rings is 1. The quantitative estimate of drug-likeness (QED) is 0.921. The zero-order chi connectivity index (χ0) is 17.4. The van der Waals surface area contributed by atoms with Gasteiger partial charge in [-0.1, -0.05) is 27.7 Å². The van der Waals surface area contributed by atoms with E-state index < -0.39 is 0 Å². The summed E-state index contributed by atoms with van der Waals surface area (Å²) in [5.74, 6) is -0.0349. The van der Waals surface area contributed by atoms with Crippen LogP contribution in [0.25, 0.3) is 5.65 Å². The fourth-order valence-corrected chi connectivity index (χ4v) is 3.43. The third kappa shape index (κ3) is 4.12. The van der Waals surface area contributed by atoms with Gasteiger partial charge in [-0.3, -0.25) is 4.79 Å². The van der Waals surface area contributed by atoms with E-state index in [2.05, 4.69) is 51.8 Å². The van der Waals surface area contributed by atoms with Crippen molar-refractivity contribution in [2.24, 2.45) is 5.41 Å². The van der Waals surface area contributed by atoms with E-state index in [-0.39, 0.29) is 16.9 Å². The van der Waals surface area contributed by atoms with E-state index in [0.29, 0.717) is 5.56 Å². The van der Waals surface area contributed by atoms with E-state index in [0.717, 1.165) is 29.9 Å². The van der Waals surface area contributed by atoms with Gasteiger partial charge in [-0.05, 0) is 51.2 Å². The summed E-state index contributed by atoms with van der Waals surface area (Å²) in [6.07, 6.45) is 3.70. The molecular weight excluding hydrogens is 286 g/mol. The van der Waals surface area contributed by atoms with Crippen LogP contribution in [0.4, 0.5) is 0 Å². The minimum atomic E-state index is -0.247. The summed E-state index contributed by atoms with van der Waals surface area (Å²) in [5, 5.41) is 3.16. The number of nitrogens with one attached hydrogen (secondary N) is 1. The normalized spacial score (nSPS) is 12.7. The van der Waals surface area contributed by atoms with Gasteiger partial charge in [0.05, 0.1) is 11.3 Å². The van der Waals surface area contributed by atoms with E-state index in [9.17, 15) is 4.79 Å². The zero-order valence-corrected chi connectivity index (χ0v) is 15.4. The minimum Gasteiger partial charge on any atom is -0.347 e. The van der Waals surface area contributed by atoms with E-state index in [4.69, 9.17) is 0 Å². The predicted octanol–water partition coefficient (Wildman–Crippen LogP) is 4.15. The van der Waals surface area contributed by atoms with Gasteiger partial charge in [0, 0.05) is 17.4 Å². The molecule has 0 aliphatic carbocycles. The molecule has 4 heteroatoms. The first kappa shape index (κ1) is 17.5. The number of carbonyl (C=O) groups is 1. The molecule has 1 amide bonds. The summed E-state index contributed by atoms with van der Waals surface area (Å²) >= 11 is 0. The van der Waals surface area contributed by atoms with Crippen LogP contribution >= 0.6 is 0 Å². The van der Waals surface area contributed by atoms with E-state index in [1.807, 2.05) is 29.7 Å². The van der Waals surface area contributed by atoms with Gasteiger partial charge >= 0.3 is 0 Å². The van der Waals surface area contributed by atoms with Crippen molar-refractivity contribution in [1.29, 1.82) is 0 Å². The molecule has 0 saturated heterocycles. The lowest BCUT2D eigenvalue weighted by Crippen LogP contribution is -2.45.